The number of carbonyl (C=O) groups excluding carboxylic acids is 1. The number of hydrogen-bond acceptors (Lipinski definition) is 3. The zero-order valence-electron chi connectivity index (χ0n) is 13.3. The Balaban J connectivity index is 1.75. The highest BCUT2D eigenvalue weighted by Crippen LogP contribution is 2.23. The van der Waals surface area contributed by atoms with Gasteiger partial charge in [0, 0.05) is 11.6 Å². The third-order valence-corrected chi connectivity index (χ3v) is 4.25. The van der Waals surface area contributed by atoms with E-state index in [1.165, 1.54) is 17.5 Å². The van der Waals surface area contributed by atoms with Gasteiger partial charge < -0.3 is 9.88 Å². The van der Waals surface area contributed by atoms with Crippen molar-refractivity contribution in [2.45, 2.75) is 52.1 Å². The molecule has 0 saturated carbocycles. The van der Waals surface area contributed by atoms with E-state index >= 15 is 0 Å². The number of nitrogens with zero attached hydrogens (tertiary/aromatic N) is 3. The second-order valence-electron chi connectivity index (χ2n) is 6.22. The van der Waals surface area contributed by atoms with Crippen LogP contribution in [0.2, 0.25) is 0 Å². The molecule has 22 heavy (non-hydrogen) atoms. The van der Waals surface area contributed by atoms with Crippen molar-refractivity contribution < 1.29 is 4.79 Å². The molecule has 0 fully saturated rings. The van der Waals surface area contributed by atoms with Crippen LogP contribution in [-0.4, -0.2) is 20.7 Å². The summed E-state index contributed by atoms with van der Waals surface area (Å²) in [5, 5.41) is 11.1. The van der Waals surface area contributed by atoms with Gasteiger partial charge in [-0.25, -0.2) is 0 Å². The lowest BCUT2D eigenvalue weighted by Gasteiger charge is -2.17. The van der Waals surface area contributed by atoms with Crippen LogP contribution in [0, 0.1) is 0 Å². The predicted octanol–water partition coefficient (Wildman–Crippen LogP) is 2.84. The average Bonchev–Trinajstić information content (AvgIpc) is 3.15. The molecule has 2 aromatic rings. The summed E-state index contributed by atoms with van der Waals surface area (Å²) in [5.41, 5.74) is 3.41. The van der Waals surface area contributed by atoms with Crippen LogP contribution >= 0.6 is 0 Å². The van der Waals surface area contributed by atoms with Gasteiger partial charge in [-0.3, -0.25) is 4.79 Å². The maximum Gasteiger partial charge on any atom is 0.251 e. The van der Waals surface area contributed by atoms with Gasteiger partial charge >= 0.3 is 0 Å². The first-order chi connectivity index (χ1) is 10.6. The maximum atomic E-state index is 12.5. The molecule has 1 aromatic heterocycles. The summed E-state index contributed by atoms with van der Waals surface area (Å²) in [5.74, 6) is 0.727. The van der Waals surface area contributed by atoms with Gasteiger partial charge in [0.2, 0.25) is 0 Å². The molecule has 1 aliphatic rings. The van der Waals surface area contributed by atoms with Crippen molar-refractivity contribution in [2.24, 2.45) is 0 Å². The van der Waals surface area contributed by atoms with Gasteiger partial charge in [0.15, 0.2) is 5.82 Å². The first-order valence-electron chi connectivity index (χ1n) is 7.88. The van der Waals surface area contributed by atoms with Gasteiger partial charge in [0.1, 0.15) is 6.33 Å². The van der Waals surface area contributed by atoms with Crippen LogP contribution in [0.15, 0.2) is 24.5 Å². The molecule has 5 heteroatoms. The van der Waals surface area contributed by atoms with Gasteiger partial charge in [-0.05, 0) is 63.3 Å². The third kappa shape index (κ3) is 2.75. The smallest absolute Gasteiger partial charge is 0.251 e. The number of aryl methyl sites for hydroxylation is 2. The van der Waals surface area contributed by atoms with E-state index in [2.05, 4.69) is 35.4 Å². The number of amides is 1. The van der Waals surface area contributed by atoms with Crippen molar-refractivity contribution >= 4 is 5.91 Å². The van der Waals surface area contributed by atoms with Gasteiger partial charge in [-0.1, -0.05) is 6.07 Å². The fraction of sp³-hybridized carbons (Fsp3) is 0.471. The molecule has 1 N–H and O–H groups in total. The van der Waals surface area contributed by atoms with Crippen molar-refractivity contribution in [1.29, 1.82) is 0 Å². The van der Waals surface area contributed by atoms with E-state index < -0.39 is 0 Å². The molecule has 1 unspecified atom stereocenters. The van der Waals surface area contributed by atoms with E-state index in [-0.39, 0.29) is 18.0 Å². The highest BCUT2D eigenvalue weighted by Gasteiger charge is 2.19. The molecule has 0 radical (unpaired) electrons. The minimum absolute atomic E-state index is 0.0551. The second kappa shape index (κ2) is 5.91. The molecule has 0 bridgehead atoms. The molecule has 0 saturated heterocycles. The first-order valence-corrected chi connectivity index (χ1v) is 7.88. The second-order valence-corrected chi connectivity index (χ2v) is 6.22. The van der Waals surface area contributed by atoms with Gasteiger partial charge in [-0.15, -0.1) is 10.2 Å². The molecule has 0 spiro atoms. The standard InChI is InChI=1S/C17H22N4O/c1-11(2)21-10-18-20-16(21)12(3)19-17(22)15-8-7-13-5-4-6-14(13)9-15/h7-12H,4-6H2,1-3H3,(H,19,22). The molecular formula is C17H22N4O. The summed E-state index contributed by atoms with van der Waals surface area (Å²) in [6, 6.07) is 6.12. The van der Waals surface area contributed by atoms with Crippen LogP contribution in [0.5, 0.6) is 0 Å². The fourth-order valence-corrected chi connectivity index (χ4v) is 3.02. The van der Waals surface area contributed by atoms with Crippen LogP contribution in [0.4, 0.5) is 0 Å². The van der Waals surface area contributed by atoms with Crippen molar-refractivity contribution in [3.63, 3.8) is 0 Å². The Morgan fingerprint density at radius 3 is 2.77 bits per heavy atom. The predicted molar refractivity (Wildman–Crippen MR) is 84.8 cm³/mol. The van der Waals surface area contributed by atoms with Crippen LogP contribution in [0.25, 0.3) is 0 Å². The molecule has 1 aliphatic carbocycles. The van der Waals surface area contributed by atoms with E-state index in [0.717, 1.165) is 24.2 Å². The molecule has 1 atom stereocenters. The fourth-order valence-electron chi connectivity index (χ4n) is 3.02. The molecule has 1 amide bonds. The zero-order chi connectivity index (χ0) is 15.7. The Morgan fingerprint density at radius 1 is 1.23 bits per heavy atom. The van der Waals surface area contributed by atoms with Gasteiger partial charge in [0.25, 0.3) is 5.91 Å². The van der Waals surface area contributed by atoms with Gasteiger partial charge in [0.05, 0.1) is 6.04 Å². The lowest BCUT2D eigenvalue weighted by molar-refractivity contribution is 0.0937. The lowest BCUT2D eigenvalue weighted by Crippen LogP contribution is -2.29. The number of fused-ring (bicyclic) bond motifs is 1. The largest absolute Gasteiger partial charge is 0.342 e. The Kier molecular flexibility index (Phi) is 3.96. The summed E-state index contributed by atoms with van der Waals surface area (Å²) in [6.07, 6.45) is 5.10. The van der Waals surface area contributed by atoms with Crippen molar-refractivity contribution in [1.82, 2.24) is 20.1 Å². The molecular weight excluding hydrogens is 276 g/mol. The Morgan fingerprint density at radius 2 is 2.00 bits per heavy atom. The number of rotatable bonds is 4. The van der Waals surface area contributed by atoms with Crippen molar-refractivity contribution in [3.05, 3.63) is 47.0 Å². The monoisotopic (exact) mass is 298 g/mol. The number of carbonyl (C=O) groups is 1. The number of hydrogen-bond donors (Lipinski definition) is 1. The summed E-state index contributed by atoms with van der Waals surface area (Å²) < 4.78 is 1.98. The molecule has 1 aromatic carbocycles. The van der Waals surface area contributed by atoms with Crippen LogP contribution < -0.4 is 5.32 Å². The minimum atomic E-state index is -0.175. The summed E-state index contributed by atoms with van der Waals surface area (Å²) in [7, 11) is 0. The molecule has 5 nitrogen and oxygen atoms in total. The Bertz CT molecular complexity index is 690. The number of aromatic nitrogens is 3. The van der Waals surface area contributed by atoms with Crippen LogP contribution in [-0.2, 0) is 12.8 Å². The number of benzene rings is 1. The van der Waals surface area contributed by atoms with Crippen molar-refractivity contribution in [2.75, 3.05) is 0 Å². The van der Waals surface area contributed by atoms with E-state index in [1.807, 2.05) is 23.6 Å². The minimum Gasteiger partial charge on any atom is -0.342 e. The van der Waals surface area contributed by atoms with E-state index in [1.54, 1.807) is 6.33 Å². The molecule has 116 valence electrons. The van der Waals surface area contributed by atoms with Crippen LogP contribution in [0.3, 0.4) is 0 Å². The SMILES string of the molecule is CC(NC(=O)c1ccc2c(c1)CCC2)c1nncn1C(C)C. The van der Waals surface area contributed by atoms with E-state index in [4.69, 9.17) is 0 Å². The Hall–Kier alpha value is -2.17. The number of nitrogens with one attached hydrogen (secondary N) is 1. The van der Waals surface area contributed by atoms with Gasteiger partial charge in [-0.2, -0.15) is 0 Å². The third-order valence-electron chi connectivity index (χ3n) is 4.25. The Labute approximate surface area is 130 Å². The van der Waals surface area contributed by atoms with Crippen LogP contribution in [0.1, 0.15) is 66.6 Å². The maximum absolute atomic E-state index is 12.5. The molecule has 0 aliphatic heterocycles. The first kappa shape index (κ1) is 14.8. The highest BCUT2D eigenvalue weighted by molar-refractivity contribution is 5.94. The summed E-state index contributed by atoms with van der Waals surface area (Å²) in [4.78, 5) is 12.5. The molecule has 1 heterocycles. The van der Waals surface area contributed by atoms with Crippen molar-refractivity contribution in [3.8, 4) is 0 Å². The van der Waals surface area contributed by atoms with E-state index in [9.17, 15) is 4.79 Å². The quantitative estimate of drug-likeness (QED) is 0.944. The summed E-state index contributed by atoms with van der Waals surface area (Å²) in [6.45, 7) is 6.08. The molecule has 3 rings (SSSR count). The average molecular weight is 298 g/mol. The highest BCUT2D eigenvalue weighted by atomic mass is 16.1. The zero-order valence-corrected chi connectivity index (χ0v) is 13.3. The lowest BCUT2D eigenvalue weighted by atomic mass is 10.1. The van der Waals surface area contributed by atoms with E-state index in [0.29, 0.717) is 0 Å². The normalized spacial score (nSPS) is 14.9. The summed E-state index contributed by atoms with van der Waals surface area (Å²) >= 11 is 0. The topological polar surface area (TPSA) is 59.8 Å².